The molecule has 0 bridgehead atoms. The zero-order chi connectivity index (χ0) is 11.4. The molecule has 0 aliphatic rings. The molecule has 0 saturated carbocycles. The van der Waals surface area contributed by atoms with E-state index in [2.05, 4.69) is 4.74 Å². The summed E-state index contributed by atoms with van der Waals surface area (Å²) in [7, 11) is 0. The second-order valence-electron chi connectivity index (χ2n) is 2.90. The molecule has 1 atom stereocenters. The summed E-state index contributed by atoms with van der Waals surface area (Å²) in [6.07, 6.45) is 0. The van der Waals surface area contributed by atoms with Crippen molar-refractivity contribution < 1.29 is 18.3 Å². The van der Waals surface area contributed by atoms with Crippen molar-refractivity contribution in [2.45, 2.75) is 13.0 Å². The molecule has 0 heterocycles. The third kappa shape index (κ3) is 3.43. The highest BCUT2D eigenvalue weighted by Crippen LogP contribution is 2.17. The van der Waals surface area contributed by atoms with Crippen molar-refractivity contribution in [1.82, 2.24) is 0 Å². The molecule has 0 fully saturated rings. The third-order valence-electron chi connectivity index (χ3n) is 1.84. The quantitative estimate of drug-likeness (QED) is 0.836. The number of halogens is 3. The molecule has 1 aromatic carbocycles. The number of hydrogen-bond donors (Lipinski definition) is 1. The van der Waals surface area contributed by atoms with Gasteiger partial charge < -0.3 is 10.5 Å². The summed E-state index contributed by atoms with van der Waals surface area (Å²) in [5.74, 6) is -2.30. The van der Waals surface area contributed by atoms with Gasteiger partial charge in [0.1, 0.15) is 17.7 Å². The first kappa shape index (κ1) is 14.8. The Balaban J connectivity index is 0.00000225. The summed E-state index contributed by atoms with van der Waals surface area (Å²) >= 11 is 0. The van der Waals surface area contributed by atoms with Gasteiger partial charge in [-0.1, -0.05) is 6.07 Å². The first-order valence-electron chi connectivity index (χ1n) is 4.43. The van der Waals surface area contributed by atoms with E-state index in [-0.39, 0.29) is 24.6 Å². The third-order valence-corrected chi connectivity index (χ3v) is 1.84. The number of ether oxygens (including phenoxy) is 1. The van der Waals surface area contributed by atoms with Crippen LogP contribution in [0.25, 0.3) is 0 Å². The predicted molar refractivity (Wildman–Crippen MR) is 57.2 cm³/mol. The van der Waals surface area contributed by atoms with E-state index < -0.39 is 23.6 Å². The fraction of sp³-hybridized carbons (Fsp3) is 0.300. The van der Waals surface area contributed by atoms with Crippen LogP contribution in [0.3, 0.4) is 0 Å². The van der Waals surface area contributed by atoms with Crippen molar-refractivity contribution in [2.75, 3.05) is 6.61 Å². The molecule has 0 saturated heterocycles. The summed E-state index contributed by atoms with van der Waals surface area (Å²) in [4.78, 5) is 11.2. The van der Waals surface area contributed by atoms with E-state index in [0.29, 0.717) is 6.07 Å². The van der Waals surface area contributed by atoms with Gasteiger partial charge in [0, 0.05) is 11.6 Å². The Morgan fingerprint density at radius 3 is 2.62 bits per heavy atom. The number of esters is 1. The topological polar surface area (TPSA) is 52.3 Å². The van der Waals surface area contributed by atoms with E-state index in [0.717, 1.165) is 12.1 Å². The highest BCUT2D eigenvalue weighted by Gasteiger charge is 2.20. The number of carbonyl (C=O) groups is 1. The lowest BCUT2D eigenvalue weighted by molar-refractivity contribution is -0.144. The van der Waals surface area contributed by atoms with Gasteiger partial charge in [-0.05, 0) is 13.0 Å². The van der Waals surface area contributed by atoms with Gasteiger partial charge in [-0.25, -0.2) is 13.6 Å². The van der Waals surface area contributed by atoms with Crippen LogP contribution in [0.15, 0.2) is 18.2 Å². The van der Waals surface area contributed by atoms with Gasteiger partial charge in [0.05, 0.1) is 6.61 Å². The van der Waals surface area contributed by atoms with Crippen molar-refractivity contribution in [3.05, 3.63) is 35.4 Å². The first-order valence-corrected chi connectivity index (χ1v) is 4.43. The van der Waals surface area contributed by atoms with Crippen LogP contribution in [0, 0.1) is 11.6 Å². The molecule has 2 N–H and O–H groups in total. The summed E-state index contributed by atoms with van der Waals surface area (Å²) < 4.78 is 30.4. The fourth-order valence-electron chi connectivity index (χ4n) is 1.11. The number of rotatable bonds is 3. The molecular formula is C10H12ClF2NO2. The van der Waals surface area contributed by atoms with Gasteiger partial charge >= 0.3 is 5.97 Å². The molecule has 0 aliphatic heterocycles. The van der Waals surface area contributed by atoms with E-state index in [4.69, 9.17) is 5.73 Å². The number of nitrogens with two attached hydrogens (primary N) is 1. The maximum Gasteiger partial charge on any atom is 0.327 e. The van der Waals surface area contributed by atoms with Crippen LogP contribution in [0.2, 0.25) is 0 Å². The number of carbonyl (C=O) groups excluding carboxylic acids is 1. The Hall–Kier alpha value is -1.20. The SMILES string of the molecule is CCOC(=O)C(N)c1ccc(F)cc1F.Cl. The Labute approximate surface area is 98.0 Å². The van der Waals surface area contributed by atoms with Crippen LogP contribution in [0.4, 0.5) is 8.78 Å². The lowest BCUT2D eigenvalue weighted by Crippen LogP contribution is -2.24. The van der Waals surface area contributed by atoms with Crippen LogP contribution in [-0.4, -0.2) is 12.6 Å². The van der Waals surface area contributed by atoms with E-state index in [1.807, 2.05) is 0 Å². The van der Waals surface area contributed by atoms with Crippen molar-refractivity contribution in [3.8, 4) is 0 Å². The van der Waals surface area contributed by atoms with Crippen LogP contribution in [0.1, 0.15) is 18.5 Å². The summed E-state index contributed by atoms with van der Waals surface area (Å²) in [5, 5.41) is 0. The maximum absolute atomic E-state index is 13.2. The Morgan fingerprint density at radius 2 is 2.12 bits per heavy atom. The molecule has 90 valence electrons. The van der Waals surface area contributed by atoms with Gasteiger partial charge in [-0.3, -0.25) is 0 Å². The average Bonchev–Trinajstić information content (AvgIpc) is 2.17. The minimum absolute atomic E-state index is 0. The molecular weight excluding hydrogens is 240 g/mol. The van der Waals surface area contributed by atoms with Gasteiger partial charge in [0.2, 0.25) is 0 Å². The van der Waals surface area contributed by atoms with E-state index in [1.165, 1.54) is 0 Å². The fourth-order valence-corrected chi connectivity index (χ4v) is 1.11. The summed E-state index contributed by atoms with van der Waals surface area (Å²) in [6, 6.07) is 1.63. The molecule has 16 heavy (non-hydrogen) atoms. The molecule has 1 unspecified atom stereocenters. The molecule has 3 nitrogen and oxygen atoms in total. The predicted octanol–water partition coefficient (Wildman–Crippen LogP) is 1.95. The molecule has 1 aromatic rings. The van der Waals surface area contributed by atoms with Gasteiger partial charge in [-0.15, -0.1) is 12.4 Å². The minimum Gasteiger partial charge on any atom is -0.465 e. The molecule has 1 rings (SSSR count). The minimum atomic E-state index is -1.22. The standard InChI is InChI=1S/C10H11F2NO2.ClH/c1-2-15-10(14)9(13)7-4-3-6(11)5-8(7)12;/h3-5,9H,2,13H2,1H3;1H. The maximum atomic E-state index is 13.2. The smallest absolute Gasteiger partial charge is 0.327 e. The van der Waals surface area contributed by atoms with Gasteiger partial charge in [0.15, 0.2) is 0 Å². The normalized spacial score (nSPS) is 11.5. The Morgan fingerprint density at radius 1 is 1.50 bits per heavy atom. The van der Waals surface area contributed by atoms with Crippen LogP contribution >= 0.6 is 12.4 Å². The van der Waals surface area contributed by atoms with Crippen LogP contribution < -0.4 is 5.73 Å². The zero-order valence-corrected chi connectivity index (χ0v) is 9.39. The summed E-state index contributed by atoms with van der Waals surface area (Å²) in [5.41, 5.74) is 5.36. The van der Waals surface area contributed by atoms with E-state index in [9.17, 15) is 13.6 Å². The van der Waals surface area contributed by atoms with Crippen molar-refractivity contribution in [1.29, 1.82) is 0 Å². The van der Waals surface area contributed by atoms with Crippen molar-refractivity contribution >= 4 is 18.4 Å². The second kappa shape index (κ2) is 6.40. The van der Waals surface area contributed by atoms with Crippen molar-refractivity contribution in [3.63, 3.8) is 0 Å². The molecule has 0 amide bonds. The number of benzene rings is 1. The van der Waals surface area contributed by atoms with E-state index >= 15 is 0 Å². The highest BCUT2D eigenvalue weighted by atomic mass is 35.5. The zero-order valence-electron chi connectivity index (χ0n) is 8.57. The molecule has 0 radical (unpaired) electrons. The van der Waals surface area contributed by atoms with Crippen LogP contribution in [-0.2, 0) is 9.53 Å². The second-order valence-corrected chi connectivity index (χ2v) is 2.90. The monoisotopic (exact) mass is 251 g/mol. The van der Waals surface area contributed by atoms with Crippen LogP contribution in [0.5, 0.6) is 0 Å². The van der Waals surface area contributed by atoms with E-state index in [1.54, 1.807) is 6.92 Å². The summed E-state index contributed by atoms with van der Waals surface area (Å²) in [6.45, 7) is 1.78. The van der Waals surface area contributed by atoms with Gasteiger partial charge in [-0.2, -0.15) is 0 Å². The van der Waals surface area contributed by atoms with Crippen molar-refractivity contribution in [2.24, 2.45) is 5.73 Å². The molecule has 0 aliphatic carbocycles. The highest BCUT2D eigenvalue weighted by molar-refractivity contribution is 5.85. The average molecular weight is 252 g/mol. The Kier molecular flexibility index (Phi) is 5.92. The Bertz CT molecular complexity index is 374. The lowest BCUT2D eigenvalue weighted by Gasteiger charge is -2.11. The molecule has 0 spiro atoms. The largest absolute Gasteiger partial charge is 0.465 e. The number of hydrogen-bond acceptors (Lipinski definition) is 3. The van der Waals surface area contributed by atoms with Gasteiger partial charge in [0.25, 0.3) is 0 Å². The lowest BCUT2D eigenvalue weighted by atomic mass is 10.1. The molecule has 0 aromatic heterocycles. The first-order chi connectivity index (χ1) is 7.06. The molecule has 6 heteroatoms.